The predicted octanol–water partition coefficient (Wildman–Crippen LogP) is 5.08. The van der Waals surface area contributed by atoms with E-state index in [1.165, 1.54) is 23.1 Å². The molecule has 0 bridgehead atoms. The number of hydrogen-bond acceptors (Lipinski definition) is 3. The molecule has 8 heteroatoms. The van der Waals surface area contributed by atoms with Crippen molar-refractivity contribution >= 4 is 28.5 Å². The van der Waals surface area contributed by atoms with Gasteiger partial charge in [0, 0.05) is 34.3 Å². The topological polar surface area (TPSA) is 49.8 Å². The van der Waals surface area contributed by atoms with Gasteiger partial charge in [-0.2, -0.15) is 0 Å². The lowest BCUT2D eigenvalue weighted by molar-refractivity contribution is -0.0871. The molecule has 1 heterocycles. The number of ether oxygens (including phenoxy) is 1. The van der Waals surface area contributed by atoms with Gasteiger partial charge in [-0.25, -0.2) is 13.2 Å². The Morgan fingerprint density at radius 3 is 2.56 bits per heavy atom. The molecule has 1 aliphatic heterocycles. The van der Waals surface area contributed by atoms with Crippen LogP contribution in [0.2, 0.25) is 0 Å². The number of benzene rings is 2. The first kappa shape index (κ1) is 25.0. The Kier molecular flexibility index (Phi) is 8.57. The van der Waals surface area contributed by atoms with Crippen molar-refractivity contribution < 1.29 is 27.8 Å². The van der Waals surface area contributed by atoms with Crippen LogP contribution < -0.4 is 0 Å². The minimum Gasteiger partial charge on any atom is -0.386 e. The lowest BCUT2D eigenvalue weighted by atomic mass is 9.87. The normalized spacial score (nSPS) is 15.0. The number of unbranched alkanes of at least 4 members (excludes halogenated alkanes) is 2. The summed E-state index contributed by atoms with van der Waals surface area (Å²) in [7, 11) is 0. The monoisotopic (exact) mass is 561 g/mol. The van der Waals surface area contributed by atoms with Crippen molar-refractivity contribution in [1.82, 2.24) is 4.90 Å². The summed E-state index contributed by atoms with van der Waals surface area (Å²) in [4.78, 5) is 14.4. The van der Waals surface area contributed by atoms with Gasteiger partial charge in [-0.05, 0) is 72.2 Å². The molecule has 3 rings (SSSR count). The Hall–Kier alpha value is -1.65. The van der Waals surface area contributed by atoms with E-state index in [0.717, 1.165) is 25.3 Å². The molecule has 1 amide bonds. The van der Waals surface area contributed by atoms with E-state index in [-0.39, 0.29) is 36.2 Å². The molecule has 2 aromatic rings. The maximum absolute atomic E-state index is 14.6. The number of carbonyl (C=O) groups excluding carboxylic acids is 1. The van der Waals surface area contributed by atoms with E-state index < -0.39 is 29.0 Å². The lowest BCUT2D eigenvalue weighted by Crippen LogP contribution is -2.63. The molecule has 0 saturated carbocycles. The predicted molar refractivity (Wildman–Crippen MR) is 124 cm³/mol. The molecule has 1 aliphatic rings. The summed E-state index contributed by atoms with van der Waals surface area (Å²) in [6.07, 6.45) is 2.96. The average molecular weight is 561 g/mol. The number of amides is 1. The lowest BCUT2D eigenvalue weighted by Gasteiger charge is -2.47. The first-order valence-electron chi connectivity index (χ1n) is 10.7. The zero-order valence-electron chi connectivity index (χ0n) is 18.0. The van der Waals surface area contributed by atoms with Gasteiger partial charge in [0.25, 0.3) is 5.91 Å². The number of hydrogen-bond donors (Lipinski definition) is 1. The highest BCUT2D eigenvalue weighted by Gasteiger charge is 2.43. The molecule has 1 N–H and O–H groups in total. The van der Waals surface area contributed by atoms with Crippen molar-refractivity contribution in [2.24, 2.45) is 0 Å². The van der Waals surface area contributed by atoms with E-state index in [1.54, 1.807) is 6.07 Å². The molecule has 2 aromatic carbocycles. The van der Waals surface area contributed by atoms with Crippen LogP contribution in [0, 0.1) is 21.0 Å². The van der Waals surface area contributed by atoms with Gasteiger partial charge in [-0.15, -0.1) is 0 Å². The van der Waals surface area contributed by atoms with E-state index in [0.29, 0.717) is 23.2 Å². The molecule has 0 aliphatic carbocycles. The van der Waals surface area contributed by atoms with Crippen LogP contribution >= 0.6 is 22.6 Å². The van der Waals surface area contributed by atoms with Crippen LogP contribution in [0.1, 0.15) is 54.1 Å². The van der Waals surface area contributed by atoms with Crippen molar-refractivity contribution in [3.05, 3.63) is 68.0 Å². The highest BCUT2D eigenvalue weighted by atomic mass is 127. The second kappa shape index (κ2) is 11.0. The fourth-order valence-corrected chi connectivity index (χ4v) is 4.39. The minimum absolute atomic E-state index is 0.0133. The smallest absolute Gasteiger partial charge is 0.254 e. The zero-order valence-corrected chi connectivity index (χ0v) is 20.1. The van der Waals surface area contributed by atoms with Crippen LogP contribution in [0.3, 0.4) is 0 Å². The Balaban J connectivity index is 1.67. The first-order valence-corrected chi connectivity index (χ1v) is 11.8. The Bertz CT molecular complexity index is 964. The highest BCUT2D eigenvalue weighted by Crippen LogP contribution is 2.30. The van der Waals surface area contributed by atoms with Gasteiger partial charge in [0.15, 0.2) is 11.6 Å². The van der Waals surface area contributed by atoms with Gasteiger partial charge in [-0.3, -0.25) is 4.79 Å². The molecule has 1 fully saturated rings. The quantitative estimate of drug-likeness (QED) is 0.325. The van der Waals surface area contributed by atoms with Crippen molar-refractivity contribution in [1.29, 1.82) is 0 Å². The number of rotatable bonds is 10. The highest BCUT2D eigenvalue weighted by molar-refractivity contribution is 14.1. The second-order valence-electron chi connectivity index (χ2n) is 8.19. The molecule has 0 spiro atoms. The summed E-state index contributed by atoms with van der Waals surface area (Å²) in [6.45, 7) is 3.59. The number of likely N-dealkylation sites (tertiary alicyclic amines) is 1. The summed E-state index contributed by atoms with van der Waals surface area (Å²) in [5.74, 6) is -3.28. The Morgan fingerprint density at radius 2 is 1.88 bits per heavy atom. The largest absolute Gasteiger partial charge is 0.386 e. The van der Waals surface area contributed by atoms with Crippen molar-refractivity contribution in [2.45, 2.75) is 44.6 Å². The van der Waals surface area contributed by atoms with E-state index >= 15 is 0 Å². The summed E-state index contributed by atoms with van der Waals surface area (Å²) in [5, 5.41) is 10.6. The summed E-state index contributed by atoms with van der Waals surface area (Å²) in [6, 6.07) is 6.61. The van der Waals surface area contributed by atoms with Crippen LogP contribution in [0.5, 0.6) is 0 Å². The number of nitrogens with zero attached hydrogens (tertiary/aromatic N) is 1. The van der Waals surface area contributed by atoms with Crippen molar-refractivity contribution in [3.63, 3.8) is 0 Å². The fraction of sp³-hybridized carbons (Fsp3) is 0.458. The maximum atomic E-state index is 14.6. The van der Waals surface area contributed by atoms with Gasteiger partial charge in [0.1, 0.15) is 5.82 Å². The van der Waals surface area contributed by atoms with E-state index in [4.69, 9.17) is 4.74 Å². The molecule has 174 valence electrons. The Morgan fingerprint density at radius 1 is 1.12 bits per heavy atom. The zero-order chi connectivity index (χ0) is 23.3. The van der Waals surface area contributed by atoms with Crippen LogP contribution in [0.4, 0.5) is 13.2 Å². The van der Waals surface area contributed by atoms with Crippen LogP contribution in [-0.2, 0) is 11.2 Å². The molecule has 0 atom stereocenters. The number of aliphatic hydroxyl groups is 1. The summed E-state index contributed by atoms with van der Waals surface area (Å²) >= 11 is 1.96. The number of halogens is 4. The van der Waals surface area contributed by atoms with E-state index in [1.807, 2.05) is 29.5 Å². The molecule has 32 heavy (non-hydrogen) atoms. The minimum atomic E-state index is -1.15. The van der Waals surface area contributed by atoms with Gasteiger partial charge in [0.05, 0.1) is 18.7 Å². The molecular formula is C24H27F3INO3. The van der Waals surface area contributed by atoms with Crippen LogP contribution in [0.25, 0.3) is 0 Å². The second-order valence-corrected chi connectivity index (χ2v) is 9.44. The maximum Gasteiger partial charge on any atom is 0.254 e. The van der Waals surface area contributed by atoms with Gasteiger partial charge in [-0.1, -0.05) is 18.9 Å². The molecule has 4 nitrogen and oxygen atoms in total. The van der Waals surface area contributed by atoms with Crippen LogP contribution in [-0.4, -0.2) is 47.8 Å². The SMILES string of the molecule is CCOCCCCCC1(O)CN(C(=O)c2ccc(F)c(F)c2Cc2ccc(I)cc2F)C1. The van der Waals surface area contributed by atoms with E-state index in [2.05, 4.69) is 0 Å². The summed E-state index contributed by atoms with van der Waals surface area (Å²) < 4.78 is 48.8. The molecule has 0 unspecified atom stereocenters. The third-order valence-electron chi connectivity index (χ3n) is 5.70. The molecule has 0 radical (unpaired) electrons. The third kappa shape index (κ3) is 6.02. The molecule has 1 saturated heterocycles. The number of carbonyl (C=O) groups is 1. The third-order valence-corrected chi connectivity index (χ3v) is 6.37. The van der Waals surface area contributed by atoms with Gasteiger partial charge >= 0.3 is 0 Å². The van der Waals surface area contributed by atoms with Crippen LogP contribution in [0.15, 0.2) is 30.3 Å². The van der Waals surface area contributed by atoms with E-state index in [9.17, 15) is 23.1 Å². The molecular weight excluding hydrogens is 534 g/mol. The number of β-amino-alcohol motifs (C(OH)–C–C–N with tert-alkyl or cyclic N) is 1. The first-order chi connectivity index (χ1) is 15.2. The standard InChI is InChI=1S/C24H27F3INO3/c1-2-32-11-5-3-4-10-24(31)14-29(15-24)23(30)18-8-9-20(25)22(27)19(18)12-16-6-7-17(28)13-21(16)26/h6-9,13,31H,2-5,10-12,14-15H2,1H3. The van der Waals surface area contributed by atoms with Crippen molar-refractivity contribution in [2.75, 3.05) is 26.3 Å². The van der Waals surface area contributed by atoms with Crippen molar-refractivity contribution in [3.8, 4) is 0 Å². The average Bonchev–Trinajstić information content (AvgIpc) is 2.73. The fourth-order valence-electron chi connectivity index (χ4n) is 3.94. The van der Waals surface area contributed by atoms with Gasteiger partial charge < -0.3 is 14.7 Å². The summed E-state index contributed by atoms with van der Waals surface area (Å²) in [5.41, 5.74) is -0.986. The Labute approximate surface area is 199 Å². The molecule has 0 aromatic heterocycles. The van der Waals surface area contributed by atoms with Gasteiger partial charge in [0.2, 0.25) is 0 Å².